The summed E-state index contributed by atoms with van der Waals surface area (Å²) < 4.78 is 5.97. The normalized spacial score (nSPS) is 12.1. The van der Waals surface area contributed by atoms with Gasteiger partial charge in [-0.25, -0.2) is 0 Å². The number of phenolic OH excluding ortho intramolecular Hbond substituents is 1. The van der Waals surface area contributed by atoms with E-state index in [-0.39, 0.29) is 47.5 Å². The molecule has 1 atom stereocenters. The summed E-state index contributed by atoms with van der Waals surface area (Å²) in [4.78, 5) is 24.1. The molecule has 8 heteroatoms. The third kappa shape index (κ3) is 9.63. The predicted molar refractivity (Wildman–Crippen MR) is 152 cm³/mol. The van der Waals surface area contributed by atoms with Gasteiger partial charge in [-0.2, -0.15) is 0 Å². The van der Waals surface area contributed by atoms with Crippen LogP contribution < -0.4 is 4.74 Å². The van der Waals surface area contributed by atoms with Crippen LogP contribution in [0.25, 0.3) is 0 Å². The van der Waals surface area contributed by atoms with Crippen molar-refractivity contribution in [3.05, 3.63) is 52.6 Å². The van der Waals surface area contributed by atoms with Crippen molar-refractivity contribution in [2.24, 2.45) is 5.41 Å². The molecule has 200 valence electrons. The molecule has 0 amide bonds. The number of carboxylic acids is 1. The van der Waals surface area contributed by atoms with Crippen molar-refractivity contribution in [1.82, 2.24) is 0 Å². The number of aliphatic hydroxyl groups excluding tert-OH is 1. The van der Waals surface area contributed by atoms with Gasteiger partial charge in [0.25, 0.3) is 0 Å². The van der Waals surface area contributed by atoms with E-state index in [1.54, 1.807) is 37.7 Å². The van der Waals surface area contributed by atoms with E-state index in [1.165, 1.54) is 6.92 Å². The average molecular weight is 541 g/mol. The topological polar surface area (TPSA) is 104 Å². The molecule has 0 aliphatic rings. The molecule has 0 saturated heterocycles. The number of aromatic hydroxyl groups is 1. The Hall–Kier alpha value is -1.51. The molecule has 6 nitrogen and oxygen atoms in total. The number of Topliss-reactive ketones (excluding diaryl/α,β-unsaturated/α-hetero) is 1. The van der Waals surface area contributed by atoms with E-state index in [0.717, 1.165) is 47.5 Å². The van der Waals surface area contributed by atoms with Crippen LogP contribution in [-0.2, 0) is 17.6 Å². The Kier molecular flexibility index (Phi) is 14.3. The van der Waals surface area contributed by atoms with Crippen LogP contribution in [-0.4, -0.2) is 69.0 Å². The van der Waals surface area contributed by atoms with Crippen molar-refractivity contribution in [3.63, 3.8) is 0 Å². The Morgan fingerprint density at radius 2 is 1.76 bits per heavy atom. The van der Waals surface area contributed by atoms with E-state index < -0.39 is 17.5 Å². The van der Waals surface area contributed by atoms with Crippen LogP contribution in [0.5, 0.6) is 11.5 Å². The Morgan fingerprint density at radius 3 is 2.35 bits per heavy atom. The number of carbonyl (C=O) groups excluding carboxylic acids is 1. The molecule has 3 N–H and O–H groups in total. The quantitative estimate of drug-likeness (QED) is 0.111. The number of thioether (sulfide) groups is 1. The molecule has 0 aliphatic carbocycles. The number of carbonyl (C=O) groups is 2. The maximum absolute atomic E-state index is 11.8. The number of ether oxygens (including phenoxy) is 1. The first-order valence-corrected chi connectivity index (χ1v) is 13.6. The van der Waals surface area contributed by atoms with Gasteiger partial charge >= 0.3 is 35.5 Å². The van der Waals surface area contributed by atoms with Crippen molar-refractivity contribution in [2.75, 3.05) is 12.4 Å². The Labute approximate surface area is 247 Å². The van der Waals surface area contributed by atoms with Crippen molar-refractivity contribution < 1.29 is 29.6 Å². The van der Waals surface area contributed by atoms with Gasteiger partial charge in [-0.05, 0) is 55.5 Å². The van der Waals surface area contributed by atoms with Gasteiger partial charge < -0.3 is 20.1 Å². The molecule has 0 heterocycles. The molecule has 0 spiro atoms. The number of hydrogen-bond acceptors (Lipinski definition) is 6. The summed E-state index contributed by atoms with van der Waals surface area (Å²) >= 11 is 1.73. The van der Waals surface area contributed by atoms with Gasteiger partial charge in [0.2, 0.25) is 0 Å². The number of phenols is 1. The number of hydrogen-bond donors (Lipinski definition) is 3. The zero-order valence-electron chi connectivity index (χ0n) is 22.1. The van der Waals surface area contributed by atoms with Gasteiger partial charge in [0.05, 0.1) is 24.7 Å². The fourth-order valence-electron chi connectivity index (χ4n) is 4.26. The van der Waals surface area contributed by atoms with Gasteiger partial charge in [-0.1, -0.05) is 52.7 Å². The van der Waals surface area contributed by atoms with Crippen LogP contribution in [0.2, 0.25) is 0 Å². The van der Waals surface area contributed by atoms with E-state index in [4.69, 9.17) is 4.74 Å². The van der Waals surface area contributed by atoms with Crippen LogP contribution in [0.3, 0.4) is 0 Å². The second kappa shape index (κ2) is 15.8. The first-order chi connectivity index (χ1) is 17.0. The van der Waals surface area contributed by atoms with Gasteiger partial charge in [0.15, 0.2) is 5.78 Å². The molecule has 1 unspecified atom stereocenters. The standard InChI is InChI=1S/C29H40O6S.Na.H/c1-6-9-20-17-21(28(34)29(4,5)18-26(31)32)11-14-25(20)36-16-8-15-35-24-13-12-22(19(3)30)27(33)23(24)10-7-2;;/h11-14,17,28,33-34H,6-10,15-16,18H2,1-5H3,(H,31,32);;. The van der Waals surface area contributed by atoms with E-state index in [1.807, 2.05) is 25.1 Å². The number of aliphatic carboxylic acids is 1. The van der Waals surface area contributed by atoms with Crippen molar-refractivity contribution in [2.45, 2.75) is 84.1 Å². The van der Waals surface area contributed by atoms with Crippen molar-refractivity contribution >= 4 is 53.1 Å². The third-order valence-electron chi connectivity index (χ3n) is 6.19. The van der Waals surface area contributed by atoms with E-state index in [2.05, 4.69) is 6.92 Å². The van der Waals surface area contributed by atoms with Gasteiger partial charge in [0, 0.05) is 21.6 Å². The molecule has 0 radical (unpaired) electrons. The van der Waals surface area contributed by atoms with Crippen LogP contribution in [0, 0.1) is 5.41 Å². The summed E-state index contributed by atoms with van der Waals surface area (Å²) in [5, 5.41) is 30.5. The van der Waals surface area contributed by atoms with Crippen molar-refractivity contribution in [1.29, 1.82) is 0 Å². The van der Waals surface area contributed by atoms with Gasteiger partial charge in [-0.15, -0.1) is 11.8 Å². The Balaban J connectivity index is 0.00000684. The van der Waals surface area contributed by atoms with E-state index >= 15 is 0 Å². The van der Waals surface area contributed by atoms with Gasteiger partial charge in [-0.3, -0.25) is 9.59 Å². The first-order valence-electron chi connectivity index (χ1n) is 12.7. The zero-order valence-corrected chi connectivity index (χ0v) is 22.9. The maximum atomic E-state index is 11.8. The molecule has 0 bridgehead atoms. The summed E-state index contributed by atoms with van der Waals surface area (Å²) in [7, 11) is 0. The Morgan fingerprint density at radius 1 is 1.08 bits per heavy atom. The van der Waals surface area contributed by atoms with Gasteiger partial charge in [0.1, 0.15) is 11.5 Å². The number of aryl methyl sites for hydroxylation is 1. The molecule has 2 aromatic carbocycles. The molecule has 0 saturated carbocycles. The number of ketones is 1. The molecule has 2 rings (SSSR count). The van der Waals surface area contributed by atoms with Crippen LogP contribution in [0.1, 0.15) is 93.5 Å². The van der Waals surface area contributed by atoms with Crippen LogP contribution in [0.4, 0.5) is 0 Å². The first kappa shape index (κ1) is 33.5. The van der Waals surface area contributed by atoms with Crippen molar-refractivity contribution in [3.8, 4) is 11.5 Å². The third-order valence-corrected chi connectivity index (χ3v) is 7.39. The number of aliphatic hydroxyl groups is 1. The minimum atomic E-state index is -0.922. The minimum absolute atomic E-state index is 0. The fourth-order valence-corrected chi connectivity index (χ4v) is 5.26. The second-order valence-corrected chi connectivity index (χ2v) is 11.0. The molecule has 0 aliphatic heterocycles. The molecular weight excluding hydrogens is 499 g/mol. The predicted octanol–water partition coefficient (Wildman–Crippen LogP) is 5.95. The average Bonchev–Trinajstić information content (AvgIpc) is 2.80. The molecule has 0 fully saturated rings. The second-order valence-electron chi connectivity index (χ2n) is 9.87. The van der Waals surface area contributed by atoms with E-state index in [0.29, 0.717) is 29.9 Å². The van der Waals surface area contributed by atoms with E-state index in [9.17, 15) is 24.9 Å². The fraction of sp³-hybridized carbons (Fsp3) is 0.517. The number of benzene rings is 2. The number of carboxylic acid groups (broad SMARTS) is 1. The molecular formula is C29H41NaO6S. The number of rotatable bonds is 15. The summed E-state index contributed by atoms with van der Waals surface area (Å²) in [5.74, 6) is 0.394. The summed E-state index contributed by atoms with van der Waals surface area (Å²) in [6, 6.07) is 9.30. The molecule has 37 heavy (non-hydrogen) atoms. The SMILES string of the molecule is CCCc1cc(C(O)C(C)(C)CC(=O)O)ccc1SCCCOc1ccc(C(C)=O)c(O)c1CCC.[NaH]. The summed E-state index contributed by atoms with van der Waals surface area (Å²) in [6.07, 6.45) is 3.14. The summed E-state index contributed by atoms with van der Waals surface area (Å²) in [6.45, 7) is 9.61. The monoisotopic (exact) mass is 540 g/mol. The van der Waals surface area contributed by atoms with Crippen LogP contribution >= 0.6 is 11.8 Å². The zero-order chi connectivity index (χ0) is 26.9. The van der Waals surface area contributed by atoms with Crippen LogP contribution in [0.15, 0.2) is 35.2 Å². The molecule has 0 aromatic heterocycles. The molecule has 2 aromatic rings. The Bertz CT molecular complexity index is 1050. The summed E-state index contributed by atoms with van der Waals surface area (Å²) in [5.41, 5.74) is 2.14.